The second-order valence-corrected chi connectivity index (χ2v) is 12.0. The third kappa shape index (κ3) is 7.43. The second-order valence-electron chi connectivity index (χ2n) is 11.6. The van der Waals surface area contributed by atoms with Crippen molar-refractivity contribution >= 4 is 39.8 Å². The van der Waals surface area contributed by atoms with Crippen molar-refractivity contribution in [3.63, 3.8) is 0 Å². The highest BCUT2D eigenvalue weighted by atomic mass is 35.5. The molecule has 5 aromatic rings. The molecule has 0 radical (unpaired) electrons. The summed E-state index contributed by atoms with van der Waals surface area (Å²) >= 11 is 7.01. The first-order chi connectivity index (χ1) is 24.0. The van der Waals surface area contributed by atoms with Crippen LogP contribution in [-0.4, -0.2) is 46.4 Å². The van der Waals surface area contributed by atoms with Gasteiger partial charge in [-0.1, -0.05) is 41.9 Å². The number of nitrogens with two attached hydrogens (primary N) is 1. The minimum Gasteiger partial charge on any atom is -0.481 e. The molecule has 0 unspecified atom stereocenters. The van der Waals surface area contributed by atoms with Crippen LogP contribution in [0.1, 0.15) is 41.6 Å². The topological polar surface area (TPSA) is 137 Å². The van der Waals surface area contributed by atoms with E-state index in [-0.39, 0.29) is 22.5 Å². The lowest BCUT2D eigenvalue weighted by molar-refractivity contribution is -0.141. The first-order valence-electron chi connectivity index (χ1n) is 16.0. The van der Waals surface area contributed by atoms with E-state index in [9.17, 15) is 22.8 Å². The van der Waals surface area contributed by atoms with E-state index in [1.807, 2.05) is 31.2 Å². The summed E-state index contributed by atoms with van der Waals surface area (Å²) in [6.45, 7) is 2.71. The lowest BCUT2D eigenvalue weighted by Gasteiger charge is -2.18. The van der Waals surface area contributed by atoms with Gasteiger partial charge in [-0.05, 0) is 74.5 Å². The first kappa shape index (κ1) is 36.3. The number of aromatic nitrogens is 4. The number of aryl methyl sites for hydroxylation is 2. The number of alkyl halides is 3. The molecule has 50 heavy (non-hydrogen) atoms. The van der Waals surface area contributed by atoms with Gasteiger partial charge in [-0.2, -0.15) is 18.3 Å². The number of hydrogen-bond donors (Lipinski definition) is 3. The Morgan fingerprint density at radius 1 is 0.980 bits per heavy atom. The molecule has 1 aliphatic carbocycles. The fraction of sp³-hybridized carbons (Fsp3) is 0.306. The molecule has 4 heterocycles. The smallest absolute Gasteiger partial charge is 0.433 e. The Morgan fingerprint density at radius 2 is 1.70 bits per heavy atom. The van der Waals surface area contributed by atoms with Crippen LogP contribution in [0.2, 0.25) is 5.02 Å². The number of hydrogen-bond acceptors (Lipinski definition) is 8. The molecule has 4 N–H and O–H groups in total. The number of anilines is 2. The normalized spacial score (nSPS) is 13.5. The van der Waals surface area contributed by atoms with Gasteiger partial charge < -0.3 is 21.1 Å². The van der Waals surface area contributed by atoms with Crippen LogP contribution in [-0.2, 0) is 30.9 Å². The average Bonchev–Trinajstić information content (AvgIpc) is 3.79. The molecule has 1 aliphatic heterocycles. The average molecular weight is 708 g/mol. The number of carbonyl (C=O) groups is 1. The SMILES string of the molecule is CN.COc1nc(-c2cccc(-c3cccc(Nc4nc(C(F)(F)F)cc5cnn(C)c(=O)c45)c3C)c2Cl)cc2c1CCC2.O=C1CCCN1. The fourth-order valence-corrected chi connectivity index (χ4v) is 6.36. The zero-order valence-electron chi connectivity index (χ0n) is 28.0. The molecule has 7 rings (SSSR count). The highest BCUT2D eigenvalue weighted by molar-refractivity contribution is 6.36. The van der Waals surface area contributed by atoms with E-state index >= 15 is 0 Å². The summed E-state index contributed by atoms with van der Waals surface area (Å²) in [4.78, 5) is 31.6. The Hall–Kier alpha value is -5.01. The van der Waals surface area contributed by atoms with Gasteiger partial charge >= 0.3 is 6.18 Å². The van der Waals surface area contributed by atoms with Crippen molar-refractivity contribution in [2.24, 2.45) is 12.8 Å². The van der Waals surface area contributed by atoms with Gasteiger partial charge in [0.1, 0.15) is 11.5 Å². The number of ether oxygens (including phenoxy) is 1. The molecule has 10 nitrogen and oxygen atoms in total. The molecule has 262 valence electrons. The van der Waals surface area contributed by atoms with E-state index in [4.69, 9.17) is 21.3 Å². The summed E-state index contributed by atoms with van der Waals surface area (Å²) in [5.74, 6) is 0.596. The van der Waals surface area contributed by atoms with Crippen LogP contribution in [0, 0.1) is 6.92 Å². The number of amides is 1. The van der Waals surface area contributed by atoms with Gasteiger partial charge in [0.05, 0.1) is 29.4 Å². The largest absolute Gasteiger partial charge is 0.481 e. The van der Waals surface area contributed by atoms with Gasteiger partial charge in [-0.3, -0.25) is 9.59 Å². The Balaban J connectivity index is 0.000000543. The second kappa shape index (κ2) is 15.3. The summed E-state index contributed by atoms with van der Waals surface area (Å²) in [5.41, 5.74) is 9.22. The molecule has 3 aromatic heterocycles. The Labute approximate surface area is 291 Å². The van der Waals surface area contributed by atoms with Crippen LogP contribution in [0.25, 0.3) is 33.2 Å². The third-order valence-electron chi connectivity index (χ3n) is 8.52. The van der Waals surface area contributed by atoms with E-state index in [1.54, 1.807) is 19.2 Å². The van der Waals surface area contributed by atoms with E-state index in [0.717, 1.165) is 71.7 Å². The van der Waals surface area contributed by atoms with E-state index in [2.05, 4.69) is 32.5 Å². The van der Waals surface area contributed by atoms with Gasteiger partial charge in [-0.25, -0.2) is 14.6 Å². The van der Waals surface area contributed by atoms with Crippen molar-refractivity contribution in [2.75, 3.05) is 26.0 Å². The maximum atomic E-state index is 13.7. The Kier molecular flexibility index (Phi) is 11.1. The number of nitrogens with one attached hydrogen (secondary N) is 2. The quantitative estimate of drug-likeness (QED) is 0.183. The molecular formula is C36H37ClF3N7O3. The number of methoxy groups -OCH3 is 1. The minimum absolute atomic E-state index is 0.00182. The minimum atomic E-state index is -4.72. The van der Waals surface area contributed by atoms with Crippen LogP contribution in [0.5, 0.6) is 5.88 Å². The maximum Gasteiger partial charge on any atom is 0.433 e. The van der Waals surface area contributed by atoms with Crippen molar-refractivity contribution in [1.29, 1.82) is 0 Å². The lowest BCUT2D eigenvalue weighted by atomic mass is 9.96. The van der Waals surface area contributed by atoms with Crippen molar-refractivity contribution in [1.82, 2.24) is 25.1 Å². The van der Waals surface area contributed by atoms with Crippen LogP contribution in [0.4, 0.5) is 24.7 Å². The summed E-state index contributed by atoms with van der Waals surface area (Å²) in [6, 6.07) is 13.9. The van der Waals surface area contributed by atoms with Crippen LogP contribution < -0.4 is 26.7 Å². The number of halogens is 4. The van der Waals surface area contributed by atoms with Gasteiger partial charge in [0, 0.05) is 47.8 Å². The van der Waals surface area contributed by atoms with Gasteiger partial charge in [0.15, 0.2) is 0 Å². The molecule has 14 heteroatoms. The highest BCUT2D eigenvalue weighted by Gasteiger charge is 2.34. The molecule has 2 aromatic carbocycles. The predicted molar refractivity (Wildman–Crippen MR) is 189 cm³/mol. The molecule has 1 saturated heterocycles. The number of benzene rings is 2. The Bertz CT molecular complexity index is 2110. The van der Waals surface area contributed by atoms with Gasteiger partial charge in [0.2, 0.25) is 11.8 Å². The van der Waals surface area contributed by atoms with Crippen molar-refractivity contribution in [2.45, 2.75) is 45.2 Å². The monoisotopic (exact) mass is 707 g/mol. The number of carbonyl (C=O) groups excluding carboxylic acids is 1. The third-order valence-corrected chi connectivity index (χ3v) is 8.92. The van der Waals surface area contributed by atoms with Crippen molar-refractivity contribution in [3.05, 3.63) is 92.5 Å². The summed E-state index contributed by atoms with van der Waals surface area (Å²) in [5, 5.41) is 10.1. The fourth-order valence-electron chi connectivity index (χ4n) is 6.04. The van der Waals surface area contributed by atoms with E-state index in [0.29, 0.717) is 27.8 Å². The number of rotatable bonds is 5. The van der Waals surface area contributed by atoms with Crippen molar-refractivity contribution in [3.8, 4) is 28.3 Å². The number of fused-ring (bicyclic) bond motifs is 2. The molecular weight excluding hydrogens is 671 g/mol. The van der Waals surface area contributed by atoms with Crippen LogP contribution in [0.3, 0.4) is 0 Å². The molecule has 0 atom stereocenters. The number of nitrogens with zero attached hydrogens (tertiary/aromatic N) is 4. The highest BCUT2D eigenvalue weighted by Crippen LogP contribution is 2.41. The summed E-state index contributed by atoms with van der Waals surface area (Å²) in [6.07, 6.45) is 1.18. The summed E-state index contributed by atoms with van der Waals surface area (Å²) < 4.78 is 47.7. The molecule has 0 saturated carbocycles. The predicted octanol–water partition coefficient (Wildman–Crippen LogP) is 6.75. The molecule has 1 fully saturated rings. The first-order valence-corrected chi connectivity index (χ1v) is 16.4. The standard InChI is InChI=1S/C31H25ClF3N5O2.C4H7NO.CH5N/c1-16-19(21-10-5-11-22(27(21)32)24-13-17-7-4-9-20(17)29(38-24)42-3)8-6-12-23(16)37-28-26-18(15-36-40(2)30(26)41)14-25(39-28)31(33,34)35;6-4-2-1-3-5-4;1-2/h5-6,8,10-15H,4,7,9H2,1-3H3,(H,37,39);1-3H2,(H,5,6);2H2,1H3. The van der Waals surface area contributed by atoms with Crippen molar-refractivity contribution < 1.29 is 22.7 Å². The van der Waals surface area contributed by atoms with Gasteiger partial charge in [0.25, 0.3) is 5.56 Å². The number of pyridine rings is 2. The zero-order chi connectivity index (χ0) is 36.2. The molecule has 2 aliphatic rings. The van der Waals surface area contributed by atoms with Crippen LogP contribution in [0.15, 0.2) is 59.5 Å². The molecule has 0 spiro atoms. The maximum absolute atomic E-state index is 13.7. The zero-order valence-corrected chi connectivity index (χ0v) is 28.8. The van der Waals surface area contributed by atoms with Crippen LogP contribution >= 0.6 is 11.6 Å². The molecule has 0 bridgehead atoms. The van der Waals surface area contributed by atoms with E-state index in [1.165, 1.54) is 25.9 Å². The lowest BCUT2D eigenvalue weighted by Crippen LogP contribution is -2.21. The molecule has 1 amide bonds. The van der Waals surface area contributed by atoms with E-state index < -0.39 is 17.4 Å². The van der Waals surface area contributed by atoms with Gasteiger partial charge in [-0.15, -0.1) is 0 Å². The Morgan fingerprint density at radius 3 is 2.36 bits per heavy atom. The summed E-state index contributed by atoms with van der Waals surface area (Å²) in [7, 11) is 4.54.